The van der Waals surface area contributed by atoms with Crippen LogP contribution >= 0.6 is 0 Å². The van der Waals surface area contributed by atoms with Gasteiger partial charge in [-0.15, -0.1) is 0 Å². The summed E-state index contributed by atoms with van der Waals surface area (Å²) in [6.45, 7) is 0. The Hall–Kier alpha value is -2.38. The molecule has 0 fully saturated rings. The second-order valence-electron chi connectivity index (χ2n) is 5.16. The van der Waals surface area contributed by atoms with E-state index in [1.165, 1.54) is 50.5 Å². The largest absolute Gasteiger partial charge is 0.289 e. The van der Waals surface area contributed by atoms with Gasteiger partial charge in [-0.2, -0.15) is 0 Å². The molecule has 24 heavy (non-hydrogen) atoms. The van der Waals surface area contributed by atoms with E-state index < -0.39 is 27.4 Å². The van der Waals surface area contributed by atoms with Gasteiger partial charge in [0.1, 0.15) is 0 Å². The number of halogens is 2. The Labute approximate surface area is 139 Å². The number of ketones is 1. The lowest BCUT2D eigenvalue weighted by atomic mass is 10.1. The summed E-state index contributed by atoms with van der Waals surface area (Å²) in [5.74, 6) is -2.58. The average Bonchev–Trinajstić information content (AvgIpc) is 2.56. The van der Waals surface area contributed by atoms with Crippen LogP contribution in [0.5, 0.6) is 0 Å². The minimum absolute atomic E-state index is 0.0244. The maximum Gasteiger partial charge on any atom is 0.242 e. The Morgan fingerprint density at radius 3 is 2.42 bits per heavy atom. The van der Waals surface area contributed by atoms with Crippen molar-refractivity contribution in [3.63, 3.8) is 0 Å². The van der Waals surface area contributed by atoms with E-state index in [0.717, 1.165) is 22.5 Å². The Balaban J connectivity index is 2.31. The number of nitrogens with zero attached hydrogens (tertiary/aromatic N) is 1. The van der Waals surface area contributed by atoms with E-state index in [9.17, 15) is 22.0 Å². The van der Waals surface area contributed by atoms with Crippen LogP contribution in [0, 0.1) is 11.6 Å². The predicted octanol–water partition coefficient (Wildman–Crippen LogP) is 3.11. The quantitative estimate of drug-likeness (QED) is 0.614. The van der Waals surface area contributed by atoms with E-state index in [-0.39, 0.29) is 16.0 Å². The molecule has 0 aromatic heterocycles. The summed E-state index contributed by atoms with van der Waals surface area (Å²) in [6.07, 6.45) is 2.22. The number of allylic oxidation sites excluding steroid dienone is 1. The van der Waals surface area contributed by atoms with Crippen LogP contribution in [-0.2, 0) is 10.0 Å². The summed E-state index contributed by atoms with van der Waals surface area (Å²) in [7, 11) is -0.894. The van der Waals surface area contributed by atoms with Gasteiger partial charge >= 0.3 is 0 Å². The lowest BCUT2D eigenvalue weighted by molar-refractivity contribution is 0.104. The van der Waals surface area contributed by atoms with Gasteiger partial charge in [-0.05, 0) is 30.4 Å². The zero-order chi connectivity index (χ0) is 17.9. The van der Waals surface area contributed by atoms with Crippen molar-refractivity contribution in [2.45, 2.75) is 4.90 Å². The van der Waals surface area contributed by atoms with Crippen LogP contribution in [0.2, 0.25) is 0 Å². The second kappa shape index (κ2) is 7.02. The molecule has 2 aromatic rings. The van der Waals surface area contributed by atoms with E-state index in [4.69, 9.17) is 0 Å². The molecule has 0 saturated carbocycles. The summed E-state index contributed by atoms with van der Waals surface area (Å²) in [6, 6.07) is 9.14. The van der Waals surface area contributed by atoms with Gasteiger partial charge in [0.25, 0.3) is 0 Å². The summed E-state index contributed by atoms with van der Waals surface area (Å²) in [4.78, 5) is 12.1. The molecule has 0 heterocycles. The molecule has 0 N–H and O–H groups in total. The highest BCUT2D eigenvalue weighted by Gasteiger charge is 2.18. The number of sulfonamides is 1. The number of carbonyl (C=O) groups excluding carboxylic acids is 1. The maximum atomic E-state index is 13.5. The molecule has 0 aliphatic carbocycles. The lowest BCUT2D eigenvalue weighted by Crippen LogP contribution is -2.22. The minimum atomic E-state index is -3.66. The Bertz CT molecular complexity index is 906. The first kappa shape index (κ1) is 18.0. The van der Waals surface area contributed by atoms with Crippen molar-refractivity contribution in [2.75, 3.05) is 14.1 Å². The van der Waals surface area contributed by atoms with Crippen LogP contribution in [0.1, 0.15) is 15.9 Å². The monoisotopic (exact) mass is 351 g/mol. The molecule has 126 valence electrons. The summed E-state index contributed by atoms with van der Waals surface area (Å²) in [5, 5.41) is 0. The molecule has 0 aliphatic heterocycles. The molecule has 0 atom stereocenters. The van der Waals surface area contributed by atoms with Gasteiger partial charge < -0.3 is 0 Å². The molecule has 0 saturated heterocycles. The predicted molar refractivity (Wildman–Crippen MR) is 87.0 cm³/mol. The fraction of sp³-hybridized carbons (Fsp3) is 0.118. The maximum absolute atomic E-state index is 13.5. The summed E-state index contributed by atoms with van der Waals surface area (Å²) >= 11 is 0. The van der Waals surface area contributed by atoms with Gasteiger partial charge in [-0.25, -0.2) is 21.5 Å². The Morgan fingerprint density at radius 1 is 1.08 bits per heavy atom. The van der Waals surface area contributed by atoms with Gasteiger partial charge in [0.15, 0.2) is 17.4 Å². The molecule has 0 radical (unpaired) electrons. The van der Waals surface area contributed by atoms with Crippen LogP contribution in [0.25, 0.3) is 6.08 Å². The molecule has 2 rings (SSSR count). The van der Waals surface area contributed by atoms with Crippen LogP contribution in [-0.4, -0.2) is 32.6 Å². The topological polar surface area (TPSA) is 54.5 Å². The number of hydrogen-bond acceptors (Lipinski definition) is 3. The Morgan fingerprint density at radius 2 is 1.75 bits per heavy atom. The first-order chi connectivity index (χ1) is 11.2. The third-order valence-electron chi connectivity index (χ3n) is 3.29. The standard InChI is InChI=1S/C17H15F2NO3S/c1-20(2)24(22,23)14-7-3-6-13(11-14)16(21)10-9-12-5-4-8-15(18)17(12)19/h3-11H,1-2H3. The van der Waals surface area contributed by atoms with Crippen LogP contribution in [0.15, 0.2) is 53.4 Å². The van der Waals surface area contributed by atoms with Crippen molar-refractivity contribution < 1.29 is 22.0 Å². The molecule has 0 amide bonds. The number of rotatable bonds is 5. The van der Waals surface area contributed by atoms with Crippen LogP contribution in [0.3, 0.4) is 0 Å². The molecule has 0 spiro atoms. The number of hydrogen-bond donors (Lipinski definition) is 0. The average molecular weight is 351 g/mol. The summed E-state index contributed by atoms with van der Waals surface area (Å²) < 4.78 is 51.8. The van der Waals surface area contributed by atoms with Gasteiger partial charge in [0.2, 0.25) is 10.0 Å². The van der Waals surface area contributed by atoms with Crippen molar-refractivity contribution in [1.29, 1.82) is 0 Å². The van der Waals surface area contributed by atoms with Crippen molar-refractivity contribution in [2.24, 2.45) is 0 Å². The van der Waals surface area contributed by atoms with E-state index in [2.05, 4.69) is 0 Å². The molecular formula is C17H15F2NO3S. The van der Waals surface area contributed by atoms with Crippen molar-refractivity contribution >= 4 is 21.9 Å². The first-order valence-corrected chi connectivity index (χ1v) is 8.36. The lowest BCUT2D eigenvalue weighted by Gasteiger charge is -2.11. The fourth-order valence-corrected chi connectivity index (χ4v) is 2.88. The van der Waals surface area contributed by atoms with Gasteiger partial charge in [0, 0.05) is 25.2 Å². The molecule has 0 unspecified atom stereocenters. The summed E-state index contributed by atoms with van der Waals surface area (Å²) in [5.41, 5.74) is 0.0615. The molecule has 7 heteroatoms. The van der Waals surface area contributed by atoms with Gasteiger partial charge in [0.05, 0.1) is 4.90 Å². The van der Waals surface area contributed by atoms with E-state index in [0.29, 0.717) is 0 Å². The second-order valence-corrected chi connectivity index (χ2v) is 7.31. The third kappa shape index (κ3) is 3.74. The van der Waals surface area contributed by atoms with Crippen molar-refractivity contribution in [3.05, 3.63) is 71.3 Å². The van der Waals surface area contributed by atoms with Crippen LogP contribution in [0.4, 0.5) is 8.78 Å². The smallest absolute Gasteiger partial charge is 0.242 e. The molecule has 0 bridgehead atoms. The minimum Gasteiger partial charge on any atom is -0.289 e. The highest BCUT2D eigenvalue weighted by Crippen LogP contribution is 2.17. The molecule has 4 nitrogen and oxygen atoms in total. The van der Waals surface area contributed by atoms with E-state index in [1.54, 1.807) is 0 Å². The number of benzene rings is 2. The third-order valence-corrected chi connectivity index (χ3v) is 5.10. The first-order valence-electron chi connectivity index (χ1n) is 6.92. The zero-order valence-electron chi connectivity index (χ0n) is 13.0. The van der Waals surface area contributed by atoms with E-state index in [1.807, 2.05) is 0 Å². The highest BCUT2D eigenvalue weighted by molar-refractivity contribution is 7.89. The fourth-order valence-electron chi connectivity index (χ4n) is 1.93. The molecule has 0 aliphatic rings. The Kier molecular flexibility index (Phi) is 5.26. The zero-order valence-corrected chi connectivity index (χ0v) is 13.8. The van der Waals surface area contributed by atoms with Crippen molar-refractivity contribution in [1.82, 2.24) is 4.31 Å². The highest BCUT2D eigenvalue weighted by atomic mass is 32.2. The molecule has 2 aromatic carbocycles. The van der Waals surface area contributed by atoms with Crippen LogP contribution < -0.4 is 0 Å². The SMILES string of the molecule is CN(C)S(=O)(=O)c1cccc(C(=O)C=Cc2cccc(F)c2F)c1. The van der Waals surface area contributed by atoms with Gasteiger partial charge in [-0.1, -0.05) is 24.3 Å². The molecular weight excluding hydrogens is 336 g/mol. The van der Waals surface area contributed by atoms with Crippen molar-refractivity contribution in [3.8, 4) is 0 Å². The normalized spacial score (nSPS) is 12.0. The van der Waals surface area contributed by atoms with E-state index >= 15 is 0 Å². The number of carbonyl (C=O) groups is 1. The van der Waals surface area contributed by atoms with Gasteiger partial charge in [-0.3, -0.25) is 4.79 Å².